The zero-order valence-electron chi connectivity index (χ0n) is 17.1. The van der Waals surface area contributed by atoms with Crippen LogP contribution in [0.5, 0.6) is 0 Å². The molecule has 0 aromatic heterocycles. The molecule has 2 N–H and O–H groups in total. The molecule has 1 heterocycles. The van der Waals surface area contributed by atoms with Gasteiger partial charge in [0.1, 0.15) is 12.1 Å². The van der Waals surface area contributed by atoms with E-state index in [1.807, 2.05) is 27.7 Å². The molecular formula is C18H37IN4O3. The lowest BCUT2D eigenvalue weighted by Gasteiger charge is -2.37. The summed E-state index contributed by atoms with van der Waals surface area (Å²) >= 11 is 0. The average molecular weight is 484 g/mol. The number of hydrogen-bond donors (Lipinski definition) is 2. The number of guanidine groups is 1. The van der Waals surface area contributed by atoms with Crippen LogP contribution in [-0.4, -0.2) is 74.4 Å². The predicted octanol–water partition coefficient (Wildman–Crippen LogP) is 1.86. The first-order valence-corrected chi connectivity index (χ1v) is 9.28. The molecule has 1 rings (SSSR count). The molecule has 0 bridgehead atoms. The van der Waals surface area contributed by atoms with E-state index in [1.54, 1.807) is 0 Å². The Kier molecular flexibility index (Phi) is 12.4. The van der Waals surface area contributed by atoms with Crippen molar-refractivity contribution in [2.24, 2.45) is 10.9 Å². The normalized spacial score (nSPS) is 17.4. The third-order valence-corrected chi connectivity index (χ3v) is 3.89. The lowest BCUT2D eigenvalue weighted by molar-refractivity contribution is -0.152. The van der Waals surface area contributed by atoms with Crippen LogP contribution in [0.3, 0.4) is 0 Å². The zero-order chi connectivity index (χ0) is 18.9. The van der Waals surface area contributed by atoms with Gasteiger partial charge < -0.3 is 20.1 Å². The van der Waals surface area contributed by atoms with E-state index in [9.17, 15) is 4.79 Å². The van der Waals surface area contributed by atoms with Gasteiger partial charge in [0.2, 0.25) is 0 Å². The molecule has 26 heavy (non-hydrogen) atoms. The van der Waals surface area contributed by atoms with Crippen LogP contribution in [0.25, 0.3) is 0 Å². The van der Waals surface area contributed by atoms with Gasteiger partial charge in [-0.15, -0.1) is 24.0 Å². The summed E-state index contributed by atoms with van der Waals surface area (Å²) in [5.41, 5.74) is -0.489. The van der Waals surface area contributed by atoms with Crippen molar-refractivity contribution < 1.29 is 14.3 Å². The second-order valence-electron chi connectivity index (χ2n) is 7.62. The van der Waals surface area contributed by atoms with Gasteiger partial charge in [-0.3, -0.25) is 9.69 Å². The summed E-state index contributed by atoms with van der Waals surface area (Å²) in [6.45, 7) is 17.0. The highest BCUT2D eigenvalue weighted by molar-refractivity contribution is 14.0. The van der Waals surface area contributed by atoms with Crippen LogP contribution in [0.2, 0.25) is 0 Å². The fraction of sp³-hybridized carbons (Fsp3) is 0.889. The van der Waals surface area contributed by atoms with E-state index in [4.69, 9.17) is 9.47 Å². The van der Waals surface area contributed by atoms with Gasteiger partial charge in [0.15, 0.2) is 5.96 Å². The number of halogens is 1. The van der Waals surface area contributed by atoms with Crippen molar-refractivity contribution in [2.75, 3.05) is 45.9 Å². The summed E-state index contributed by atoms with van der Waals surface area (Å²) in [5, 5.41) is 6.55. The van der Waals surface area contributed by atoms with Crippen LogP contribution in [0.1, 0.15) is 41.5 Å². The molecule has 0 aromatic carbocycles. The van der Waals surface area contributed by atoms with Crippen molar-refractivity contribution in [2.45, 2.75) is 53.2 Å². The summed E-state index contributed by atoms with van der Waals surface area (Å²) < 4.78 is 10.8. The van der Waals surface area contributed by atoms with Crippen molar-refractivity contribution in [3.8, 4) is 0 Å². The van der Waals surface area contributed by atoms with Gasteiger partial charge in [0.05, 0.1) is 13.2 Å². The Balaban J connectivity index is 0.00000625. The topological polar surface area (TPSA) is 75.2 Å². The van der Waals surface area contributed by atoms with E-state index in [0.29, 0.717) is 17.9 Å². The largest absolute Gasteiger partial charge is 0.459 e. The Labute approximate surface area is 175 Å². The highest BCUT2D eigenvalue weighted by Crippen LogP contribution is 2.12. The van der Waals surface area contributed by atoms with Crippen LogP contribution < -0.4 is 10.6 Å². The summed E-state index contributed by atoms with van der Waals surface area (Å²) in [6.07, 6.45) is 0. The molecule has 1 saturated heterocycles. The van der Waals surface area contributed by atoms with E-state index in [1.165, 1.54) is 0 Å². The number of hydrogen-bond acceptors (Lipinski definition) is 5. The smallest absolute Gasteiger partial charge is 0.328 e. The Bertz CT molecular complexity index is 433. The average Bonchev–Trinajstić information content (AvgIpc) is 2.51. The van der Waals surface area contributed by atoms with Gasteiger partial charge in [-0.05, 0) is 33.6 Å². The van der Waals surface area contributed by atoms with Gasteiger partial charge in [0, 0.05) is 32.2 Å². The first-order valence-electron chi connectivity index (χ1n) is 9.28. The summed E-state index contributed by atoms with van der Waals surface area (Å²) in [7, 11) is 0. The Morgan fingerprint density at radius 2 is 1.85 bits per heavy atom. The van der Waals surface area contributed by atoms with Crippen molar-refractivity contribution in [1.29, 1.82) is 0 Å². The maximum absolute atomic E-state index is 11.9. The highest BCUT2D eigenvalue weighted by atomic mass is 127. The van der Waals surface area contributed by atoms with Gasteiger partial charge in [0.25, 0.3) is 0 Å². The summed E-state index contributed by atoms with van der Waals surface area (Å²) in [5.74, 6) is 0.838. The highest BCUT2D eigenvalue weighted by Gasteiger charge is 2.24. The quantitative estimate of drug-likeness (QED) is 0.249. The van der Waals surface area contributed by atoms with E-state index in [-0.39, 0.29) is 36.5 Å². The standard InChI is InChI=1S/C18H36N4O3.HI/c1-7-19-17(21-13-16(23)25-18(4,5)6)20-12-15(14(2)3)22-8-10-24-11-9-22;/h14-15H,7-13H2,1-6H3,(H2,19,20,21);1H. The maximum Gasteiger partial charge on any atom is 0.328 e. The Morgan fingerprint density at radius 3 is 2.35 bits per heavy atom. The molecule has 1 aliphatic rings. The molecule has 0 spiro atoms. The number of nitrogens with one attached hydrogen (secondary N) is 2. The van der Waals surface area contributed by atoms with Crippen molar-refractivity contribution >= 4 is 35.9 Å². The number of esters is 1. The second kappa shape index (κ2) is 12.7. The van der Waals surface area contributed by atoms with E-state index in [2.05, 4.69) is 34.4 Å². The van der Waals surface area contributed by atoms with Crippen LogP contribution in [0.15, 0.2) is 4.99 Å². The van der Waals surface area contributed by atoms with Crippen molar-refractivity contribution in [1.82, 2.24) is 15.5 Å². The molecule has 7 nitrogen and oxygen atoms in total. The minimum Gasteiger partial charge on any atom is -0.459 e. The maximum atomic E-state index is 11.9. The van der Waals surface area contributed by atoms with E-state index >= 15 is 0 Å². The molecule has 1 atom stereocenters. The third kappa shape index (κ3) is 10.5. The van der Waals surface area contributed by atoms with Gasteiger partial charge >= 0.3 is 5.97 Å². The minimum atomic E-state index is -0.489. The molecule has 8 heteroatoms. The Hall–Kier alpha value is -0.610. The monoisotopic (exact) mass is 484 g/mol. The number of nitrogens with zero attached hydrogens (tertiary/aromatic N) is 2. The molecule has 0 saturated carbocycles. The third-order valence-electron chi connectivity index (χ3n) is 3.89. The lowest BCUT2D eigenvalue weighted by atomic mass is 10.0. The molecular weight excluding hydrogens is 447 g/mol. The number of aliphatic imine (C=N–C) groups is 1. The molecule has 154 valence electrons. The fourth-order valence-electron chi connectivity index (χ4n) is 2.76. The fourth-order valence-corrected chi connectivity index (χ4v) is 2.76. The molecule has 0 aliphatic carbocycles. The van der Waals surface area contributed by atoms with Gasteiger partial charge in [-0.1, -0.05) is 13.8 Å². The molecule has 1 fully saturated rings. The van der Waals surface area contributed by atoms with Gasteiger partial charge in [-0.25, -0.2) is 4.99 Å². The van der Waals surface area contributed by atoms with Crippen molar-refractivity contribution in [3.05, 3.63) is 0 Å². The Morgan fingerprint density at radius 1 is 1.23 bits per heavy atom. The molecule has 0 amide bonds. The summed E-state index contributed by atoms with van der Waals surface area (Å²) in [4.78, 5) is 18.7. The number of carbonyl (C=O) groups excluding carboxylic acids is 1. The SMILES string of the molecule is CCNC(=NCC(=O)OC(C)(C)C)NCC(C(C)C)N1CCOCC1.I. The molecule has 0 aromatic rings. The van der Waals surface area contributed by atoms with Crippen molar-refractivity contribution in [3.63, 3.8) is 0 Å². The predicted molar refractivity (Wildman–Crippen MR) is 116 cm³/mol. The molecule has 1 unspecified atom stereocenters. The first-order chi connectivity index (χ1) is 11.7. The molecule has 0 radical (unpaired) electrons. The lowest BCUT2D eigenvalue weighted by Crippen LogP contribution is -2.52. The van der Waals surface area contributed by atoms with Crippen LogP contribution >= 0.6 is 24.0 Å². The van der Waals surface area contributed by atoms with E-state index < -0.39 is 5.60 Å². The first kappa shape index (κ1) is 25.4. The van der Waals surface area contributed by atoms with E-state index in [0.717, 1.165) is 39.4 Å². The van der Waals surface area contributed by atoms with Crippen LogP contribution in [0.4, 0.5) is 0 Å². The zero-order valence-corrected chi connectivity index (χ0v) is 19.5. The number of ether oxygens (including phenoxy) is 2. The minimum absolute atomic E-state index is 0. The number of carbonyl (C=O) groups is 1. The number of rotatable bonds is 7. The summed E-state index contributed by atoms with van der Waals surface area (Å²) in [6, 6.07) is 0.397. The van der Waals surface area contributed by atoms with Crippen LogP contribution in [0, 0.1) is 5.92 Å². The number of morpholine rings is 1. The molecule has 1 aliphatic heterocycles. The van der Waals surface area contributed by atoms with Crippen LogP contribution in [-0.2, 0) is 14.3 Å². The second-order valence-corrected chi connectivity index (χ2v) is 7.62. The van der Waals surface area contributed by atoms with Gasteiger partial charge in [-0.2, -0.15) is 0 Å².